The molecule has 0 spiro atoms. The molecule has 1 atom stereocenters. The first kappa shape index (κ1) is 15.0. The molecule has 5 heteroatoms. The minimum absolute atomic E-state index is 0.130. The summed E-state index contributed by atoms with van der Waals surface area (Å²) in [6, 6.07) is -0.831. The van der Waals surface area contributed by atoms with Crippen LogP contribution in [0.2, 0.25) is 0 Å². The van der Waals surface area contributed by atoms with Gasteiger partial charge in [-0.25, -0.2) is 0 Å². The van der Waals surface area contributed by atoms with Gasteiger partial charge < -0.3 is 15.2 Å². The molecule has 0 radical (unpaired) electrons. The molecule has 0 aromatic heterocycles. The molecule has 0 bridgehead atoms. The maximum atomic E-state index is 12.2. The second-order valence-electron chi connectivity index (χ2n) is 4.97. The van der Waals surface area contributed by atoms with Gasteiger partial charge in [0.05, 0.1) is 5.41 Å². The maximum absolute atomic E-state index is 12.2. The van der Waals surface area contributed by atoms with Gasteiger partial charge in [0.25, 0.3) is 0 Å². The first-order chi connectivity index (χ1) is 8.52. The smallest absolute Gasteiger partial charge is 0.325 e. The number of carbonyl (C=O) groups excluding carboxylic acids is 1. The molecule has 1 rings (SSSR count). The van der Waals surface area contributed by atoms with Crippen LogP contribution in [-0.4, -0.2) is 36.2 Å². The average Bonchev–Trinajstić information content (AvgIpc) is 2.79. The Morgan fingerprint density at radius 1 is 1.39 bits per heavy atom. The van der Waals surface area contributed by atoms with Crippen molar-refractivity contribution in [3.8, 4) is 0 Å². The molecule has 0 aromatic rings. The van der Waals surface area contributed by atoms with Crippen LogP contribution in [-0.2, 0) is 14.3 Å². The van der Waals surface area contributed by atoms with E-state index >= 15 is 0 Å². The molecule has 1 aliphatic rings. The summed E-state index contributed by atoms with van der Waals surface area (Å²) in [4.78, 5) is 23.0. The van der Waals surface area contributed by atoms with Crippen LogP contribution in [0.25, 0.3) is 0 Å². The van der Waals surface area contributed by atoms with E-state index in [0.717, 1.165) is 25.7 Å². The molecule has 2 N–H and O–H groups in total. The van der Waals surface area contributed by atoms with E-state index in [4.69, 9.17) is 9.84 Å². The normalized spacial score (nSPS) is 19.4. The van der Waals surface area contributed by atoms with Gasteiger partial charge in [0.1, 0.15) is 6.04 Å². The summed E-state index contributed by atoms with van der Waals surface area (Å²) in [5.74, 6) is -1.13. The standard InChI is InChI=1S/C13H23NO4/c1-3-18-9-8-13(6-4-5-7-13)12(17)14-10(2)11(15)16/h10H,3-9H2,1-2H3,(H,14,17)(H,15,16)/t10-/m0/s1. The Balaban J connectivity index is 2.60. The van der Waals surface area contributed by atoms with Crippen molar-refractivity contribution in [2.45, 2.75) is 52.0 Å². The Bertz CT molecular complexity index is 297. The van der Waals surface area contributed by atoms with E-state index in [1.165, 1.54) is 6.92 Å². The summed E-state index contributed by atoms with van der Waals surface area (Å²) in [5.41, 5.74) is -0.418. The number of aliphatic carboxylic acids is 1. The summed E-state index contributed by atoms with van der Waals surface area (Å²) in [6.45, 7) is 4.62. The Kier molecular flexibility index (Phi) is 5.59. The van der Waals surface area contributed by atoms with Gasteiger partial charge in [-0.05, 0) is 33.1 Å². The van der Waals surface area contributed by atoms with Gasteiger partial charge >= 0.3 is 5.97 Å². The third kappa shape index (κ3) is 3.70. The van der Waals surface area contributed by atoms with E-state index in [9.17, 15) is 9.59 Å². The number of nitrogens with one attached hydrogen (secondary N) is 1. The highest BCUT2D eigenvalue weighted by Crippen LogP contribution is 2.41. The Hall–Kier alpha value is -1.10. The quantitative estimate of drug-likeness (QED) is 0.679. The van der Waals surface area contributed by atoms with Crippen LogP contribution in [0, 0.1) is 5.41 Å². The Labute approximate surface area is 108 Å². The molecule has 5 nitrogen and oxygen atoms in total. The molecule has 1 aliphatic carbocycles. The SMILES string of the molecule is CCOCCC1(C(=O)N[C@@H](C)C(=O)O)CCCC1. The molecule has 1 amide bonds. The summed E-state index contributed by atoms with van der Waals surface area (Å²) in [6.07, 6.45) is 4.40. The lowest BCUT2D eigenvalue weighted by Crippen LogP contribution is -2.46. The van der Waals surface area contributed by atoms with Crippen LogP contribution >= 0.6 is 0 Å². The molecular weight excluding hydrogens is 234 g/mol. The second-order valence-corrected chi connectivity index (χ2v) is 4.97. The summed E-state index contributed by atoms with van der Waals surface area (Å²) < 4.78 is 5.33. The van der Waals surface area contributed by atoms with Crippen molar-refractivity contribution < 1.29 is 19.4 Å². The van der Waals surface area contributed by atoms with E-state index < -0.39 is 17.4 Å². The van der Waals surface area contributed by atoms with Crippen LogP contribution < -0.4 is 5.32 Å². The summed E-state index contributed by atoms with van der Waals surface area (Å²) in [7, 11) is 0. The van der Waals surface area contributed by atoms with Crippen molar-refractivity contribution in [3.63, 3.8) is 0 Å². The number of carbonyl (C=O) groups is 2. The molecule has 0 unspecified atom stereocenters. The fourth-order valence-corrected chi connectivity index (χ4v) is 2.47. The van der Waals surface area contributed by atoms with E-state index in [1.54, 1.807) is 0 Å². The zero-order valence-corrected chi connectivity index (χ0v) is 11.2. The Morgan fingerprint density at radius 3 is 2.50 bits per heavy atom. The number of carboxylic acid groups (broad SMARTS) is 1. The predicted octanol–water partition coefficient (Wildman–Crippen LogP) is 1.56. The van der Waals surface area contributed by atoms with Gasteiger partial charge in [0.2, 0.25) is 5.91 Å². The minimum atomic E-state index is -0.999. The zero-order valence-electron chi connectivity index (χ0n) is 11.2. The molecule has 0 saturated heterocycles. The van der Waals surface area contributed by atoms with Crippen molar-refractivity contribution in [2.24, 2.45) is 5.41 Å². The number of amides is 1. The molecule has 18 heavy (non-hydrogen) atoms. The van der Waals surface area contributed by atoms with Crippen LogP contribution in [0.4, 0.5) is 0 Å². The maximum Gasteiger partial charge on any atom is 0.325 e. The van der Waals surface area contributed by atoms with Gasteiger partial charge in [-0.2, -0.15) is 0 Å². The minimum Gasteiger partial charge on any atom is -0.480 e. The lowest BCUT2D eigenvalue weighted by Gasteiger charge is -2.28. The third-order valence-corrected chi connectivity index (χ3v) is 3.69. The van der Waals surface area contributed by atoms with Gasteiger partial charge in [-0.15, -0.1) is 0 Å². The fraction of sp³-hybridized carbons (Fsp3) is 0.846. The number of carboxylic acids is 1. The highest BCUT2D eigenvalue weighted by atomic mass is 16.5. The Morgan fingerprint density at radius 2 is 2.00 bits per heavy atom. The lowest BCUT2D eigenvalue weighted by atomic mass is 9.81. The van der Waals surface area contributed by atoms with Crippen LogP contribution in [0.15, 0.2) is 0 Å². The highest BCUT2D eigenvalue weighted by Gasteiger charge is 2.41. The lowest BCUT2D eigenvalue weighted by molar-refractivity contribution is -0.143. The van der Waals surface area contributed by atoms with Crippen LogP contribution in [0.3, 0.4) is 0 Å². The third-order valence-electron chi connectivity index (χ3n) is 3.69. The van der Waals surface area contributed by atoms with Gasteiger partial charge in [0.15, 0.2) is 0 Å². The zero-order chi connectivity index (χ0) is 13.6. The van der Waals surface area contributed by atoms with Gasteiger partial charge in [0, 0.05) is 13.2 Å². The number of hydrogen-bond donors (Lipinski definition) is 2. The van der Waals surface area contributed by atoms with Crippen molar-refractivity contribution in [1.82, 2.24) is 5.32 Å². The summed E-state index contributed by atoms with van der Waals surface area (Å²) >= 11 is 0. The van der Waals surface area contributed by atoms with Crippen molar-refractivity contribution >= 4 is 11.9 Å². The largest absolute Gasteiger partial charge is 0.480 e. The van der Waals surface area contributed by atoms with Crippen molar-refractivity contribution in [3.05, 3.63) is 0 Å². The molecule has 1 saturated carbocycles. The van der Waals surface area contributed by atoms with Crippen LogP contribution in [0.1, 0.15) is 46.0 Å². The van der Waals surface area contributed by atoms with Crippen molar-refractivity contribution in [2.75, 3.05) is 13.2 Å². The number of hydrogen-bond acceptors (Lipinski definition) is 3. The van der Waals surface area contributed by atoms with Gasteiger partial charge in [-0.1, -0.05) is 12.8 Å². The van der Waals surface area contributed by atoms with E-state index in [0.29, 0.717) is 19.6 Å². The number of rotatable bonds is 7. The fourth-order valence-electron chi connectivity index (χ4n) is 2.47. The topological polar surface area (TPSA) is 75.6 Å². The monoisotopic (exact) mass is 257 g/mol. The molecule has 0 aromatic carbocycles. The molecule has 1 fully saturated rings. The van der Waals surface area contributed by atoms with E-state index in [2.05, 4.69) is 5.32 Å². The van der Waals surface area contributed by atoms with Crippen molar-refractivity contribution in [1.29, 1.82) is 0 Å². The highest BCUT2D eigenvalue weighted by molar-refractivity contribution is 5.87. The van der Waals surface area contributed by atoms with Crippen LogP contribution in [0.5, 0.6) is 0 Å². The van der Waals surface area contributed by atoms with E-state index in [1.807, 2.05) is 6.92 Å². The first-order valence-electron chi connectivity index (χ1n) is 6.63. The number of ether oxygens (including phenoxy) is 1. The average molecular weight is 257 g/mol. The first-order valence-corrected chi connectivity index (χ1v) is 6.63. The second kappa shape index (κ2) is 6.73. The molecule has 0 aliphatic heterocycles. The molecular formula is C13H23NO4. The van der Waals surface area contributed by atoms with Gasteiger partial charge in [-0.3, -0.25) is 9.59 Å². The molecule has 104 valence electrons. The molecule has 0 heterocycles. The summed E-state index contributed by atoms with van der Waals surface area (Å²) in [5, 5.41) is 11.4. The van der Waals surface area contributed by atoms with E-state index in [-0.39, 0.29) is 5.91 Å². The predicted molar refractivity (Wildman–Crippen MR) is 67.3 cm³/mol.